The molecule has 0 saturated carbocycles. The highest BCUT2D eigenvalue weighted by atomic mass is 16.2. The van der Waals surface area contributed by atoms with Crippen LogP contribution in [0, 0.1) is 23.7 Å². The third kappa shape index (κ3) is 4.62. The number of hydrogen-bond donors (Lipinski definition) is 0. The van der Waals surface area contributed by atoms with Crippen LogP contribution in [0.15, 0.2) is 60.7 Å². The lowest BCUT2D eigenvalue weighted by Gasteiger charge is -1.90. The van der Waals surface area contributed by atoms with Crippen LogP contribution in [0.1, 0.15) is 11.1 Å². The molecular formula is C20H10O4. The molecule has 2 aromatic rings. The summed E-state index contributed by atoms with van der Waals surface area (Å²) in [5.41, 5.74) is 1.03. The van der Waals surface area contributed by atoms with E-state index in [4.69, 9.17) is 0 Å². The van der Waals surface area contributed by atoms with Gasteiger partial charge in [-0.1, -0.05) is 48.2 Å². The highest BCUT2D eigenvalue weighted by Gasteiger charge is 2.26. The molecule has 24 heavy (non-hydrogen) atoms. The minimum atomic E-state index is -1.48. The predicted octanol–water partition coefficient (Wildman–Crippen LogP) is 1.37. The third-order valence-electron chi connectivity index (χ3n) is 2.81. The van der Waals surface area contributed by atoms with Crippen molar-refractivity contribution in [1.29, 1.82) is 0 Å². The third-order valence-corrected chi connectivity index (χ3v) is 2.81. The first kappa shape index (κ1) is 16.6. The number of rotatable bonds is 3. The fourth-order valence-corrected chi connectivity index (χ4v) is 1.62. The Morgan fingerprint density at radius 2 is 0.875 bits per heavy atom. The maximum atomic E-state index is 11.6. The SMILES string of the molecule is O=C(C#Cc1ccccc1)C(=O)C(=O)C(=O)C#Cc1ccccc1. The number of Topliss-reactive ketones (excluding diaryl/α,β-unsaturated/α-hetero) is 4. The maximum Gasteiger partial charge on any atom is 0.286 e. The molecule has 0 radical (unpaired) electrons. The molecule has 0 heterocycles. The van der Waals surface area contributed by atoms with Gasteiger partial charge in [-0.3, -0.25) is 19.2 Å². The molecule has 0 bridgehead atoms. The fourth-order valence-electron chi connectivity index (χ4n) is 1.62. The second-order valence-electron chi connectivity index (χ2n) is 4.55. The van der Waals surface area contributed by atoms with Gasteiger partial charge in [0.2, 0.25) is 0 Å². The Balaban J connectivity index is 2.05. The summed E-state index contributed by atoms with van der Waals surface area (Å²) >= 11 is 0. The molecule has 0 atom stereocenters. The first-order chi connectivity index (χ1) is 11.6. The average Bonchev–Trinajstić information content (AvgIpc) is 2.64. The Morgan fingerprint density at radius 1 is 0.542 bits per heavy atom. The van der Waals surface area contributed by atoms with E-state index in [0.29, 0.717) is 11.1 Å². The number of ketones is 4. The van der Waals surface area contributed by atoms with Gasteiger partial charge in [0, 0.05) is 11.1 Å². The van der Waals surface area contributed by atoms with Gasteiger partial charge in [-0.2, -0.15) is 0 Å². The molecule has 0 aliphatic rings. The summed E-state index contributed by atoms with van der Waals surface area (Å²) in [6, 6.07) is 17.0. The highest BCUT2D eigenvalue weighted by molar-refractivity contribution is 6.81. The van der Waals surface area contributed by atoms with Crippen molar-refractivity contribution < 1.29 is 19.2 Å². The number of carbonyl (C=O) groups excluding carboxylic acids is 4. The van der Waals surface area contributed by atoms with E-state index in [1.54, 1.807) is 60.7 Å². The molecule has 0 spiro atoms. The molecule has 0 aliphatic heterocycles. The molecule has 0 amide bonds. The zero-order valence-corrected chi connectivity index (χ0v) is 12.4. The van der Waals surface area contributed by atoms with Crippen LogP contribution in [0.2, 0.25) is 0 Å². The van der Waals surface area contributed by atoms with E-state index in [1.165, 1.54) is 0 Å². The van der Waals surface area contributed by atoms with Crippen molar-refractivity contribution in [1.82, 2.24) is 0 Å². The van der Waals surface area contributed by atoms with Gasteiger partial charge in [0.25, 0.3) is 23.1 Å². The van der Waals surface area contributed by atoms with Crippen LogP contribution >= 0.6 is 0 Å². The van der Waals surface area contributed by atoms with E-state index in [-0.39, 0.29) is 0 Å². The van der Waals surface area contributed by atoms with Crippen LogP contribution in [0.5, 0.6) is 0 Å². The Hall–Kier alpha value is -3.76. The molecule has 4 nitrogen and oxygen atoms in total. The lowest BCUT2D eigenvalue weighted by Crippen LogP contribution is -2.28. The zero-order valence-electron chi connectivity index (χ0n) is 12.4. The Bertz CT molecular complexity index is 838. The standard InChI is InChI=1S/C20H10O4/c21-17(13-11-15-7-3-1-4-8-15)19(23)20(24)18(22)14-12-16-9-5-2-6-10-16/h1-10H. The Kier molecular flexibility index (Phi) is 5.55. The van der Waals surface area contributed by atoms with Gasteiger partial charge < -0.3 is 0 Å². The van der Waals surface area contributed by atoms with Gasteiger partial charge in [-0.05, 0) is 36.1 Å². The summed E-state index contributed by atoms with van der Waals surface area (Å²) in [6.07, 6.45) is 0. The van der Waals surface area contributed by atoms with Crippen molar-refractivity contribution in [2.45, 2.75) is 0 Å². The lowest BCUT2D eigenvalue weighted by molar-refractivity contribution is -0.145. The quantitative estimate of drug-likeness (QED) is 0.487. The second-order valence-corrected chi connectivity index (χ2v) is 4.55. The van der Waals surface area contributed by atoms with Crippen molar-refractivity contribution in [2.24, 2.45) is 0 Å². The molecule has 0 aliphatic carbocycles. The van der Waals surface area contributed by atoms with Crippen molar-refractivity contribution in [2.75, 3.05) is 0 Å². The van der Waals surface area contributed by atoms with Crippen molar-refractivity contribution in [3.8, 4) is 23.7 Å². The smallest absolute Gasteiger partial charge is 0.280 e. The fraction of sp³-hybridized carbons (Fsp3) is 0. The van der Waals surface area contributed by atoms with Gasteiger partial charge in [0.1, 0.15) is 0 Å². The molecule has 0 N–H and O–H groups in total. The topological polar surface area (TPSA) is 68.3 Å². The molecule has 4 heteroatoms. The van der Waals surface area contributed by atoms with Gasteiger partial charge in [0.15, 0.2) is 0 Å². The predicted molar refractivity (Wildman–Crippen MR) is 86.7 cm³/mol. The summed E-state index contributed by atoms with van der Waals surface area (Å²) in [5, 5.41) is 0. The second kappa shape index (κ2) is 8.03. The average molecular weight is 314 g/mol. The van der Waals surface area contributed by atoms with Crippen molar-refractivity contribution in [3.05, 3.63) is 71.8 Å². The van der Waals surface area contributed by atoms with Crippen LogP contribution in [0.3, 0.4) is 0 Å². The summed E-state index contributed by atoms with van der Waals surface area (Å²) in [4.78, 5) is 46.4. The van der Waals surface area contributed by atoms with Crippen LogP contribution < -0.4 is 0 Å². The van der Waals surface area contributed by atoms with Gasteiger partial charge in [-0.15, -0.1) is 0 Å². The van der Waals surface area contributed by atoms with Crippen LogP contribution in [0.4, 0.5) is 0 Å². The van der Waals surface area contributed by atoms with Crippen LogP contribution in [-0.2, 0) is 19.2 Å². The van der Waals surface area contributed by atoms with Crippen molar-refractivity contribution >= 4 is 23.1 Å². The minimum Gasteiger partial charge on any atom is -0.280 e. The van der Waals surface area contributed by atoms with E-state index in [9.17, 15) is 19.2 Å². The van der Waals surface area contributed by atoms with Gasteiger partial charge in [-0.25, -0.2) is 0 Å². The molecule has 0 fully saturated rings. The maximum absolute atomic E-state index is 11.6. The Morgan fingerprint density at radius 3 is 1.21 bits per heavy atom. The summed E-state index contributed by atoms with van der Waals surface area (Å²) in [6.45, 7) is 0. The number of benzene rings is 2. The number of carbonyl (C=O) groups is 4. The summed E-state index contributed by atoms with van der Waals surface area (Å²) in [5.74, 6) is 3.58. The van der Waals surface area contributed by atoms with E-state index in [1.807, 2.05) is 11.8 Å². The summed E-state index contributed by atoms with van der Waals surface area (Å²) in [7, 11) is 0. The molecule has 0 unspecified atom stereocenters. The Labute approximate surface area is 138 Å². The minimum absolute atomic E-state index is 0.515. The molecule has 114 valence electrons. The molecule has 2 rings (SSSR count). The van der Waals surface area contributed by atoms with E-state index >= 15 is 0 Å². The summed E-state index contributed by atoms with van der Waals surface area (Å²) < 4.78 is 0. The molecular weight excluding hydrogens is 304 g/mol. The molecule has 2 aromatic carbocycles. The number of hydrogen-bond acceptors (Lipinski definition) is 4. The first-order valence-corrected chi connectivity index (χ1v) is 6.89. The zero-order chi connectivity index (χ0) is 17.4. The largest absolute Gasteiger partial charge is 0.286 e. The monoisotopic (exact) mass is 314 g/mol. The molecule has 0 aromatic heterocycles. The van der Waals surface area contributed by atoms with E-state index < -0.39 is 23.1 Å². The first-order valence-electron chi connectivity index (χ1n) is 6.89. The van der Waals surface area contributed by atoms with Gasteiger partial charge in [0.05, 0.1) is 0 Å². The van der Waals surface area contributed by atoms with Gasteiger partial charge >= 0.3 is 0 Å². The van der Waals surface area contributed by atoms with Crippen LogP contribution in [0.25, 0.3) is 0 Å². The molecule has 0 saturated heterocycles. The van der Waals surface area contributed by atoms with E-state index in [2.05, 4.69) is 11.8 Å². The highest BCUT2D eigenvalue weighted by Crippen LogP contribution is 1.96. The lowest BCUT2D eigenvalue weighted by atomic mass is 10.1. The normalized spacial score (nSPS) is 8.83. The van der Waals surface area contributed by atoms with Crippen LogP contribution in [-0.4, -0.2) is 23.1 Å². The van der Waals surface area contributed by atoms with Crippen molar-refractivity contribution in [3.63, 3.8) is 0 Å². The van der Waals surface area contributed by atoms with E-state index in [0.717, 1.165) is 0 Å².